The Morgan fingerprint density at radius 2 is 1.83 bits per heavy atom. The molecule has 0 amide bonds. The van der Waals surface area contributed by atoms with Crippen molar-refractivity contribution in [3.63, 3.8) is 0 Å². The van der Waals surface area contributed by atoms with Crippen LogP contribution in [0.3, 0.4) is 0 Å². The molecule has 23 heavy (non-hydrogen) atoms. The van der Waals surface area contributed by atoms with Gasteiger partial charge >= 0.3 is 0 Å². The highest BCUT2D eigenvalue weighted by Crippen LogP contribution is 2.15. The maximum atomic E-state index is 12.2. The zero-order valence-corrected chi connectivity index (χ0v) is 11.8. The molecular weight excluding hydrogens is 294 g/mol. The number of hydrogen-bond acceptors (Lipinski definition) is 6. The van der Waals surface area contributed by atoms with Gasteiger partial charge in [-0.15, -0.1) is 0 Å². The minimum Gasteiger partial charge on any atom is -0.294 e. The Morgan fingerprint density at radius 1 is 1.04 bits per heavy atom. The van der Waals surface area contributed by atoms with E-state index in [1.165, 1.54) is 6.20 Å². The molecule has 0 bridgehead atoms. The summed E-state index contributed by atoms with van der Waals surface area (Å²) in [4.78, 5) is 27.4. The molecule has 0 spiro atoms. The molecule has 4 aromatic rings. The van der Waals surface area contributed by atoms with Crippen LogP contribution >= 0.6 is 0 Å². The monoisotopic (exact) mass is 305 g/mol. The summed E-state index contributed by atoms with van der Waals surface area (Å²) in [5.41, 5.74) is 0.997. The zero-order chi connectivity index (χ0) is 15.6. The molecule has 8 heteroatoms. The van der Waals surface area contributed by atoms with Gasteiger partial charge in [-0.25, -0.2) is 14.6 Å². The van der Waals surface area contributed by atoms with Gasteiger partial charge in [-0.3, -0.25) is 15.1 Å². The Labute approximate surface area is 129 Å². The lowest BCUT2D eigenvalue weighted by atomic mass is 10.3. The van der Waals surface area contributed by atoms with Crippen LogP contribution < -0.4 is 10.9 Å². The molecule has 3 heterocycles. The van der Waals surface area contributed by atoms with Crippen molar-refractivity contribution in [1.29, 1.82) is 0 Å². The third kappa shape index (κ3) is 2.42. The van der Waals surface area contributed by atoms with Gasteiger partial charge in [-0.2, -0.15) is 10.1 Å². The molecule has 0 fully saturated rings. The van der Waals surface area contributed by atoms with E-state index in [-0.39, 0.29) is 11.5 Å². The van der Waals surface area contributed by atoms with Crippen LogP contribution in [0, 0.1) is 0 Å². The van der Waals surface area contributed by atoms with Crippen LogP contribution in [0.25, 0.3) is 16.7 Å². The first kappa shape index (κ1) is 13.1. The number of aromatic amines is 1. The highest BCUT2D eigenvalue weighted by atomic mass is 16.1. The van der Waals surface area contributed by atoms with Crippen molar-refractivity contribution in [2.45, 2.75) is 0 Å². The summed E-state index contributed by atoms with van der Waals surface area (Å²) in [6, 6.07) is 11.2. The molecule has 4 rings (SSSR count). The first-order valence-corrected chi connectivity index (χ1v) is 6.89. The van der Waals surface area contributed by atoms with Gasteiger partial charge in [0.1, 0.15) is 5.39 Å². The van der Waals surface area contributed by atoms with Crippen LogP contribution in [-0.4, -0.2) is 29.7 Å². The average Bonchev–Trinajstić information content (AvgIpc) is 3.01. The molecule has 0 radical (unpaired) electrons. The Hall–Kier alpha value is -3.55. The fraction of sp³-hybridized carbons (Fsp3) is 0. The molecule has 0 unspecified atom stereocenters. The lowest BCUT2D eigenvalue weighted by molar-refractivity contribution is 0.895. The third-order valence-corrected chi connectivity index (χ3v) is 3.23. The van der Waals surface area contributed by atoms with Crippen molar-refractivity contribution in [3.05, 3.63) is 65.3 Å². The number of benzene rings is 1. The lowest BCUT2D eigenvalue weighted by Gasteiger charge is -2.05. The van der Waals surface area contributed by atoms with E-state index in [1.54, 1.807) is 23.1 Å². The summed E-state index contributed by atoms with van der Waals surface area (Å²) in [5, 5.41) is 7.54. The molecule has 0 aliphatic heterocycles. The zero-order valence-electron chi connectivity index (χ0n) is 11.8. The van der Waals surface area contributed by atoms with Crippen molar-refractivity contribution < 1.29 is 0 Å². The van der Waals surface area contributed by atoms with E-state index in [2.05, 4.69) is 30.4 Å². The minimum absolute atomic E-state index is 0.256. The highest BCUT2D eigenvalue weighted by Gasteiger charge is 2.11. The van der Waals surface area contributed by atoms with Gasteiger partial charge in [0.25, 0.3) is 5.56 Å². The molecule has 0 atom stereocenters. The summed E-state index contributed by atoms with van der Waals surface area (Å²) in [6.45, 7) is 0. The second-order valence-electron chi connectivity index (χ2n) is 4.74. The number of rotatable bonds is 3. The minimum atomic E-state index is -0.282. The maximum Gasteiger partial charge on any atom is 0.263 e. The molecule has 0 aliphatic carbocycles. The fourth-order valence-corrected chi connectivity index (χ4v) is 2.21. The molecule has 0 saturated carbocycles. The molecule has 3 aromatic heterocycles. The van der Waals surface area contributed by atoms with E-state index >= 15 is 0 Å². The summed E-state index contributed by atoms with van der Waals surface area (Å²) < 4.78 is 1.61. The Bertz CT molecular complexity index is 1010. The van der Waals surface area contributed by atoms with Crippen molar-refractivity contribution >= 4 is 22.9 Å². The molecule has 112 valence electrons. The van der Waals surface area contributed by atoms with E-state index in [4.69, 9.17) is 0 Å². The molecule has 2 N–H and O–H groups in total. The normalized spacial score (nSPS) is 10.8. The number of nitrogens with zero attached hydrogens (tertiary/aromatic N) is 5. The molecule has 0 aliphatic rings. The first-order chi connectivity index (χ1) is 11.3. The van der Waals surface area contributed by atoms with Crippen molar-refractivity contribution in [3.8, 4) is 5.69 Å². The van der Waals surface area contributed by atoms with E-state index in [0.29, 0.717) is 17.0 Å². The standard InChI is InChI=1S/C15H11N7O/c23-13-11-9-18-22(10-5-2-1-3-6-10)12(11)19-15(20-13)21-14-16-7-4-8-17-14/h1-9H,(H2,16,17,19,20,21,23). The quantitative estimate of drug-likeness (QED) is 0.596. The second-order valence-corrected chi connectivity index (χ2v) is 4.74. The lowest BCUT2D eigenvalue weighted by Crippen LogP contribution is -2.12. The second kappa shape index (κ2) is 5.34. The number of fused-ring (bicyclic) bond motifs is 1. The molecule has 0 saturated heterocycles. The largest absolute Gasteiger partial charge is 0.294 e. The number of nitrogens with one attached hydrogen (secondary N) is 2. The van der Waals surface area contributed by atoms with Crippen molar-refractivity contribution in [2.24, 2.45) is 0 Å². The smallest absolute Gasteiger partial charge is 0.263 e. The Kier molecular flexibility index (Phi) is 3.05. The summed E-state index contributed by atoms with van der Waals surface area (Å²) >= 11 is 0. The van der Waals surface area contributed by atoms with Gasteiger partial charge in [0.2, 0.25) is 11.9 Å². The summed E-state index contributed by atoms with van der Waals surface area (Å²) in [6.07, 6.45) is 4.69. The average molecular weight is 305 g/mol. The van der Waals surface area contributed by atoms with Crippen LogP contribution in [0.2, 0.25) is 0 Å². The van der Waals surface area contributed by atoms with E-state index in [9.17, 15) is 4.79 Å². The maximum absolute atomic E-state index is 12.2. The van der Waals surface area contributed by atoms with Crippen LogP contribution in [0.15, 0.2) is 59.8 Å². The molecule has 1 aromatic carbocycles. The number of hydrogen-bond donors (Lipinski definition) is 2. The summed E-state index contributed by atoms with van der Waals surface area (Å²) in [7, 11) is 0. The number of aromatic nitrogens is 6. The van der Waals surface area contributed by atoms with Gasteiger partial charge in [0, 0.05) is 12.4 Å². The van der Waals surface area contributed by atoms with E-state index in [0.717, 1.165) is 5.69 Å². The van der Waals surface area contributed by atoms with Gasteiger partial charge in [-0.1, -0.05) is 18.2 Å². The first-order valence-electron chi connectivity index (χ1n) is 6.89. The number of H-pyrrole nitrogens is 1. The predicted octanol–water partition coefficient (Wildman–Crippen LogP) is 1.64. The fourth-order valence-electron chi connectivity index (χ4n) is 2.21. The SMILES string of the molecule is O=c1[nH]c(Nc2ncccn2)nc2c1cnn2-c1ccccc1. The summed E-state index contributed by atoms with van der Waals surface area (Å²) in [5.74, 6) is 0.604. The third-order valence-electron chi connectivity index (χ3n) is 3.23. The van der Waals surface area contributed by atoms with Gasteiger partial charge < -0.3 is 0 Å². The van der Waals surface area contributed by atoms with Crippen molar-refractivity contribution in [1.82, 2.24) is 29.7 Å². The number of para-hydroxylation sites is 1. The molecule has 8 nitrogen and oxygen atoms in total. The highest BCUT2D eigenvalue weighted by molar-refractivity contribution is 5.76. The molecular formula is C15H11N7O. The van der Waals surface area contributed by atoms with Crippen LogP contribution in [-0.2, 0) is 0 Å². The number of anilines is 2. The van der Waals surface area contributed by atoms with Gasteiger partial charge in [0.15, 0.2) is 5.65 Å². The van der Waals surface area contributed by atoms with Gasteiger partial charge in [-0.05, 0) is 18.2 Å². The van der Waals surface area contributed by atoms with Crippen LogP contribution in [0.5, 0.6) is 0 Å². The van der Waals surface area contributed by atoms with Crippen molar-refractivity contribution in [2.75, 3.05) is 5.32 Å². The van der Waals surface area contributed by atoms with E-state index < -0.39 is 0 Å². The topological polar surface area (TPSA) is 101 Å². The Balaban J connectivity index is 1.84. The van der Waals surface area contributed by atoms with Crippen LogP contribution in [0.1, 0.15) is 0 Å². The van der Waals surface area contributed by atoms with Gasteiger partial charge in [0.05, 0.1) is 11.9 Å². The predicted molar refractivity (Wildman–Crippen MR) is 84.8 cm³/mol. The van der Waals surface area contributed by atoms with E-state index in [1.807, 2.05) is 30.3 Å². The Morgan fingerprint density at radius 3 is 2.61 bits per heavy atom. The van der Waals surface area contributed by atoms with Crippen LogP contribution in [0.4, 0.5) is 11.9 Å².